The van der Waals surface area contributed by atoms with Crippen molar-refractivity contribution < 1.29 is 9.53 Å². The summed E-state index contributed by atoms with van der Waals surface area (Å²) < 4.78 is 5.29. The first-order valence-electron chi connectivity index (χ1n) is 9.49. The predicted molar refractivity (Wildman–Crippen MR) is 111 cm³/mol. The van der Waals surface area contributed by atoms with E-state index in [0.29, 0.717) is 0 Å². The number of piperidine rings is 1. The van der Waals surface area contributed by atoms with Crippen molar-refractivity contribution in [3.05, 3.63) is 41.5 Å². The fourth-order valence-corrected chi connectivity index (χ4v) is 3.26. The minimum atomic E-state index is 0. The van der Waals surface area contributed by atoms with Gasteiger partial charge in [0.25, 0.3) is 0 Å². The first-order valence-corrected chi connectivity index (χ1v) is 9.49. The molecule has 0 unspecified atom stereocenters. The average Bonchev–Trinajstić information content (AvgIpc) is 2.63. The van der Waals surface area contributed by atoms with Crippen molar-refractivity contribution in [3.63, 3.8) is 0 Å². The summed E-state index contributed by atoms with van der Waals surface area (Å²) in [4.78, 5) is 14.7. The fourth-order valence-electron chi connectivity index (χ4n) is 3.26. The van der Waals surface area contributed by atoms with Gasteiger partial charge in [0, 0.05) is 32.2 Å². The Morgan fingerprint density at radius 3 is 2.62 bits per heavy atom. The van der Waals surface area contributed by atoms with Gasteiger partial charge in [0.05, 0.1) is 0 Å². The second-order valence-corrected chi connectivity index (χ2v) is 6.79. The quantitative estimate of drug-likeness (QED) is 0.663. The number of amides is 1. The molecule has 0 aromatic heterocycles. The van der Waals surface area contributed by atoms with Crippen molar-refractivity contribution >= 4 is 24.4 Å². The van der Waals surface area contributed by atoms with E-state index in [1.807, 2.05) is 13.0 Å². The van der Waals surface area contributed by atoms with Gasteiger partial charge < -0.3 is 10.1 Å². The van der Waals surface area contributed by atoms with Crippen LogP contribution in [0.15, 0.2) is 35.9 Å². The summed E-state index contributed by atoms with van der Waals surface area (Å²) in [7, 11) is 0. The Hall–Kier alpha value is -1.36. The van der Waals surface area contributed by atoms with Crippen LogP contribution in [0.1, 0.15) is 38.7 Å². The first-order chi connectivity index (χ1) is 12.2. The zero-order valence-corrected chi connectivity index (χ0v) is 16.9. The van der Waals surface area contributed by atoms with Crippen LogP contribution >= 0.6 is 12.4 Å². The molecule has 0 atom stereocenters. The van der Waals surface area contributed by atoms with Crippen molar-refractivity contribution in [2.45, 2.75) is 33.1 Å². The highest BCUT2D eigenvalue weighted by molar-refractivity contribution is 5.85. The van der Waals surface area contributed by atoms with Gasteiger partial charge in [0.1, 0.15) is 0 Å². The van der Waals surface area contributed by atoms with E-state index in [-0.39, 0.29) is 24.2 Å². The zero-order valence-electron chi connectivity index (χ0n) is 16.1. The lowest BCUT2D eigenvalue weighted by molar-refractivity contribution is -0.126. The Morgan fingerprint density at radius 1 is 1.27 bits per heavy atom. The smallest absolute Gasteiger partial charge is 0.223 e. The van der Waals surface area contributed by atoms with E-state index in [1.54, 1.807) is 0 Å². The largest absolute Gasteiger partial charge is 0.382 e. The molecule has 1 aromatic rings. The van der Waals surface area contributed by atoms with E-state index in [9.17, 15) is 4.79 Å². The van der Waals surface area contributed by atoms with Gasteiger partial charge in [-0.05, 0) is 51.8 Å². The summed E-state index contributed by atoms with van der Waals surface area (Å²) in [6.07, 6.45) is 5.05. The third-order valence-electron chi connectivity index (χ3n) is 4.61. The molecule has 5 heteroatoms. The van der Waals surface area contributed by atoms with Gasteiger partial charge in [-0.2, -0.15) is 0 Å². The number of nitrogens with one attached hydrogen (secondary N) is 1. The minimum absolute atomic E-state index is 0. The maximum absolute atomic E-state index is 12.2. The minimum Gasteiger partial charge on any atom is -0.382 e. The summed E-state index contributed by atoms with van der Waals surface area (Å²) in [6, 6.07) is 10.4. The lowest BCUT2D eigenvalue weighted by atomic mass is 9.95. The molecule has 2 rings (SSSR count). The van der Waals surface area contributed by atoms with E-state index in [0.717, 1.165) is 58.7 Å². The molecule has 1 aliphatic heterocycles. The lowest BCUT2D eigenvalue weighted by Gasteiger charge is -2.31. The molecule has 0 aliphatic carbocycles. The molecule has 1 aliphatic rings. The standard InChI is InChI=1S/C21H32N2O2.ClH/c1-3-25-15-7-12-22-21(24)20-10-13-23(14-11-20)17-18(2)16-19-8-5-4-6-9-19;/h4-6,8-9,16,20H,3,7,10-15,17H2,1-2H3,(H,22,24);1H. The SMILES string of the molecule is CCOCCCNC(=O)C1CCN(CC(C)=Cc2ccccc2)CC1.Cl. The maximum Gasteiger partial charge on any atom is 0.223 e. The van der Waals surface area contributed by atoms with Gasteiger partial charge in [-0.3, -0.25) is 9.69 Å². The molecule has 0 radical (unpaired) electrons. The second-order valence-electron chi connectivity index (χ2n) is 6.79. The van der Waals surface area contributed by atoms with E-state index >= 15 is 0 Å². The lowest BCUT2D eigenvalue weighted by Crippen LogP contribution is -2.41. The number of hydrogen-bond acceptors (Lipinski definition) is 3. The number of carbonyl (C=O) groups is 1. The number of rotatable bonds is 9. The third-order valence-corrected chi connectivity index (χ3v) is 4.61. The molecule has 1 amide bonds. The molecular weight excluding hydrogens is 348 g/mol. The van der Waals surface area contributed by atoms with Crippen LogP contribution < -0.4 is 5.32 Å². The number of halogens is 1. The second kappa shape index (κ2) is 12.9. The molecule has 4 nitrogen and oxygen atoms in total. The van der Waals surface area contributed by atoms with Gasteiger partial charge in [-0.25, -0.2) is 0 Å². The van der Waals surface area contributed by atoms with Crippen molar-refractivity contribution in [2.75, 3.05) is 39.4 Å². The van der Waals surface area contributed by atoms with E-state index in [1.165, 1.54) is 11.1 Å². The zero-order chi connectivity index (χ0) is 17.9. The number of carbonyl (C=O) groups excluding carboxylic acids is 1. The molecule has 0 bridgehead atoms. The van der Waals surface area contributed by atoms with Gasteiger partial charge in [0.2, 0.25) is 5.91 Å². The van der Waals surface area contributed by atoms with Crippen LogP contribution in [0.3, 0.4) is 0 Å². The molecule has 1 saturated heterocycles. The molecule has 146 valence electrons. The van der Waals surface area contributed by atoms with Crippen molar-refractivity contribution in [2.24, 2.45) is 5.92 Å². The van der Waals surface area contributed by atoms with Crippen LogP contribution in [-0.2, 0) is 9.53 Å². The van der Waals surface area contributed by atoms with E-state index in [4.69, 9.17) is 4.74 Å². The van der Waals surface area contributed by atoms with Crippen LogP contribution in [0, 0.1) is 5.92 Å². The summed E-state index contributed by atoms with van der Waals surface area (Å²) >= 11 is 0. The Morgan fingerprint density at radius 2 is 1.96 bits per heavy atom. The van der Waals surface area contributed by atoms with E-state index < -0.39 is 0 Å². The highest BCUT2D eigenvalue weighted by Gasteiger charge is 2.24. The summed E-state index contributed by atoms with van der Waals surface area (Å²) in [5.74, 6) is 0.384. The monoisotopic (exact) mass is 380 g/mol. The molecule has 1 aromatic carbocycles. The molecular formula is C21H33ClN2O2. The van der Waals surface area contributed by atoms with Crippen LogP contribution in [0.4, 0.5) is 0 Å². The van der Waals surface area contributed by atoms with Crippen molar-refractivity contribution in [3.8, 4) is 0 Å². The molecule has 1 heterocycles. The van der Waals surface area contributed by atoms with Crippen LogP contribution in [0.5, 0.6) is 0 Å². The normalized spacial score (nSPS) is 16.2. The van der Waals surface area contributed by atoms with Crippen LogP contribution in [-0.4, -0.2) is 50.2 Å². The topological polar surface area (TPSA) is 41.6 Å². The first kappa shape index (κ1) is 22.7. The van der Waals surface area contributed by atoms with Crippen molar-refractivity contribution in [1.82, 2.24) is 10.2 Å². The predicted octanol–water partition coefficient (Wildman–Crippen LogP) is 3.77. The van der Waals surface area contributed by atoms with Crippen LogP contribution in [0.25, 0.3) is 6.08 Å². The van der Waals surface area contributed by atoms with Gasteiger partial charge in [-0.15, -0.1) is 12.4 Å². The highest BCUT2D eigenvalue weighted by atomic mass is 35.5. The Bertz CT molecular complexity index is 540. The highest BCUT2D eigenvalue weighted by Crippen LogP contribution is 2.19. The maximum atomic E-state index is 12.2. The summed E-state index contributed by atoms with van der Waals surface area (Å²) in [6.45, 7) is 9.34. The Balaban J connectivity index is 0.00000338. The fraction of sp³-hybridized carbons (Fsp3) is 0.571. The van der Waals surface area contributed by atoms with Gasteiger partial charge in [-0.1, -0.05) is 42.0 Å². The van der Waals surface area contributed by atoms with Gasteiger partial charge in [0.15, 0.2) is 0 Å². The third kappa shape index (κ3) is 8.35. The molecule has 1 N–H and O–H groups in total. The summed E-state index contributed by atoms with van der Waals surface area (Å²) in [5, 5.41) is 3.05. The van der Waals surface area contributed by atoms with Gasteiger partial charge >= 0.3 is 0 Å². The molecule has 1 fully saturated rings. The van der Waals surface area contributed by atoms with E-state index in [2.05, 4.69) is 47.5 Å². The van der Waals surface area contributed by atoms with Crippen molar-refractivity contribution in [1.29, 1.82) is 0 Å². The molecule has 26 heavy (non-hydrogen) atoms. The number of benzene rings is 1. The average molecular weight is 381 g/mol. The number of likely N-dealkylation sites (tertiary alicyclic amines) is 1. The number of hydrogen-bond donors (Lipinski definition) is 1. The number of nitrogens with zero attached hydrogens (tertiary/aromatic N) is 1. The number of ether oxygens (including phenoxy) is 1. The summed E-state index contributed by atoms with van der Waals surface area (Å²) in [5.41, 5.74) is 2.62. The molecule has 0 spiro atoms. The van der Waals surface area contributed by atoms with Crippen LogP contribution in [0.2, 0.25) is 0 Å². The molecule has 0 saturated carbocycles. The Kier molecular flexibility index (Phi) is 11.3. The Labute approximate surface area is 164 Å².